The summed E-state index contributed by atoms with van der Waals surface area (Å²) in [5, 5.41) is 1.15. The first-order valence-electron chi connectivity index (χ1n) is 4.57. The van der Waals surface area contributed by atoms with Crippen molar-refractivity contribution in [1.82, 2.24) is 9.87 Å². The van der Waals surface area contributed by atoms with Crippen LogP contribution in [-0.4, -0.2) is 4.98 Å². The Morgan fingerprint density at radius 3 is 2.93 bits per heavy atom. The van der Waals surface area contributed by atoms with E-state index in [0.29, 0.717) is 0 Å². The number of para-hydroxylation sites is 1. The molecule has 2 aromatic rings. The summed E-state index contributed by atoms with van der Waals surface area (Å²) in [5.41, 5.74) is 1.94. The summed E-state index contributed by atoms with van der Waals surface area (Å²) in [4.78, 5) is 13.2. The Labute approximate surface area is 91.2 Å². The minimum atomic E-state index is 0.934. The highest BCUT2D eigenvalue weighted by Gasteiger charge is 2.10. The van der Waals surface area contributed by atoms with Crippen LogP contribution in [0.15, 0.2) is 42.7 Å². The standard InChI is InChI=1S/C11H8N2OS/c1-2-4-9-8(3-1)5-6-10(12-9)11-7-14-13-15-11/h1-7,13H. The summed E-state index contributed by atoms with van der Waals surface area (Å²) in [5.74, 6) is 0. The van der Waals surface area contributed by atoms with Crippen LogP contribution < -0.4 is 4.89 Å². The summed E-state index contributed by atoms with van der Waals surface area (Å²) in [6.07, 6.45) is 1.67. The lowest BCUT2D eigenvalue weighted by Gasteiger charge is -2.00. The van der Waals surface area contributed by atoms with Gasteiger partial charge >= 0.3 is 0 Å². The smallest absolute Gasteiger partial charge is 0.129 e. The minimum Gasteiger partial charge on any atom is -0.404 e. The third-order valence-electron chi connectivity index (χ3n) is 2.22. The van der Waals surface area contributed by atoms with Crippen molar-refractivity contribution in [2.75, 3.05) is 0 Å². The first kappa shape index (κ1) is 8.76. The van der Waals surface area contributed by atoms with Crippen molar-refractivity contribution >= 4 is 27.8 Å². The van der Waals surface area contributed by atoms with Gasteiger partial charge in [-0.3, -0.25) is 0 Å². The van der Waals surface area contributed by atoms with Gasteiger partial charge in [-0.2, -0.15) is 0 Å². The van der Waals surface area contributed by atoms with Gasteiger partial charge in [0.15, 0.2) is 0 Å². The molecule has 0 bridgehead atoms. The van der Waals surface area contributed by atoms with Gasteiger partial charge in [-0.25, -0.2) is 4.98 Å². The highest BCUT2D eigenvalue weighted by molar-refractivity contribution is 8.06. The van der Waals surface area contributed by atoms with Gasteiger partial charge in [-0.05, 0) is 24.1 Å². The molecule has 4 heteroatoms. The maximum Gasteiger partial charge on any atom is 0.129 e. The molecule has 1 N–H and O–H groups in total. The Hall–Kier alpha value is -1.52. The number of pyridine rings is 1. The Morgan fingerprint density at radius 2 is 2.07 bits per heavy atom. The van der Waals surface area contributed by atoms with Crippen molar-refractivity contribution in [3.05, 3.63) is 48.4 Å². The van der Waals surface area contributed by atoms with Crippen LogP contribution in [0.25, 0.3) is 15.8 Å². The van der Waals surface area contributed by atoms with Crippen LogP contribution in [0.3, 0.4) is 0 Å². The van der Waals surface area contributed by atoms with E-state index >= 15 is 0 Å². The molecular formula is C11H8N2OS. The van der Waals surface area contributed by atoms with Gasteiger partial charge in [0, 0.05) is 5.39 Å². The molecule has 15 heavy (non-hydrogen) atoms. The molecule has 1 aromatic heterocycles. The van der Waals surface area contributed by atoms with Gasteiger partial charge in [0.25, 0.3) is 0 Å². The van der Waals surface area contributed by atoms with E-state index in [4.69, 9.17) is 4.84 Å². The zero-order valence-corrected chi connectivity index (χ0v) is 8.62. The molecule has 0 unspecified atom stereocenters. The maximum atomic E-state index is 4.93. The minimum absolute atomic E-state index is 0.934. The number of aromatic nitrogens is 1. The topological polar surface area (TPSA) is 34.2 Å². The number of nitrogens with one attached hydrogen (secondary N) is 1. The summed E-state index contributed by atoms with van der Waals surface area (Å²) < 4.78 is 0. The van der Waals surface area contributed by atoms with Gasteiger partial charge in [0.1, 0.15) is 6.26 Å². The molecule has 3 rings (SSSR count). The lowest BCUT2D eigenvalue weighted by Crippen LogP contribution is -1.90. The fraction of sp³-hybridized carbons (Fsp3) is 0. The van der Waals surface area contributed by atoms with E-state index in [2.05, 4.69) is 22.0 Å². The van der Waals surface area contributed by atoms with Gasteiger partial charge in [0.2, 0.25) is 0 Å². The average molecular weight is 216 g/mol. The van der Waals surface area contributed by atoms with Gasteiger partial charge in [-0.1, -0.05) is 29.2 Å². The van der Waals surface area contributed by atoms with Crippen LogP contribution in [0.4, 0.5) is 0 Å². The van der Waals surface area contributed by atoms with E-state index in [1.165, 1.54) is 11.9 Å². The molecule has 2 heterocycles. The van der Waals surface area contributed by atoms with Crippen molar-refractivity contribution < 1.29 is 4.84 Å². The third-order valence-corrected chi connectivity index (χ3v) is 2.92. The summed E-state index contributed by atoms with van der Waals surface area (Å²) in [6.45, 7) is 0. The first-order chi connectivity index (χ1) is 7.43. The molecule has 1 aliphatic rings. The number of benzene rings is 1. The number of hydrogen-bond acceptors (Lipinski definition) is 4. The van der Waals surface area contributed by atoms with Crippen LogP contribution in [0.1, 0.15) is 5.69 Å². The number of nitrogens with zero attached hydrogens (tertiary/aromatic N) is 1. The van der Waals surface area contributed by atoms with E-state index in [1.807, 2.05) is 24.3 Å². The Kier molecular flexibility index (Phi) is 2.08. The molecule has 0 spiro atoms. The predicted molar refractivity (Wildman–Crippen MR) is 61.5 cm³/mol. The Balaban J connectivity index is 2.13. The quantitative estimate of drug-likeness (QED) is 0.743. The van der Waals surface area contributed by atoms with Crippen LogP contribution >= 0.6 is 11.9 Å². The summed E-state index contributed by atoms with van der Waals surface area (Å²) >= 11 is 1.43. The van der Waals surface area contributed by atoms with Crippen LogP contribution in [0.2, 0.25) is 0 Å². The molecule has 0 atom stereocenters. The first-order valence-corrected chi connectivity index (χ1v) is 5.39. The van der Waals surface area contributed by atoms with E-state index in [9.17, 15) is 0 Å². The predicted octanol–water partition coefficient (Wildman–Crippen LogP) is 2.72. The summed E-state index contributed by atoms with van der Waals surface area (Å²) in [6, 6.07) is 12.1. The maximum absolute atomic E-state index is 4.93. The van der Waals surface area contributed by atoms with Crippen molar-refractivity contribution in [2.45, 2.75) is 0 Å². The van der Waals surface area contributed by atoms with Crippen molar-refractivity contribution in [2.24, 2.45) is 0 Å². The number of fused-ring (bicyclic) bond motifs is 1. The van der Waals surface area contributed by atoms with E-state index < -0.39 is 0 Å². The largest absolute Gasteiger partial charge is 0.404 e. The monoisotopic (exact) mass is 216 g/mol. The second-order valence-electron chi connectivity index (χ2n) is 3.17. The molecule has 0 amide bonds. The highest BCUT2D eigenvalue weighted by Crippen LogP contribution is 2.28. The molecule has 0 aliphatic carbocycles. The zero-order valence-electron chi connectivity index (χ0n) is 7.81. The van der Waals surface area contributed by atoms with E-state index in [0.717, 1.165) is 21.5 Å². The third kappa shape index (κ3) is 1.58. The van der Waals surface area contributed by atoms with Gasteiger partial charge < -0.3 is 4.84 Å². The molecular weight excluding hydrogens is 208 g/mol. The second-order valence-corrected chi connectivity index (χ2v) is 3.99. The zero-order chi connectivity index (χ0) is 10.1. The fourth-order valence-corrected chi connectivity index (χ4v) is 1.99. The summed E-state index contributed by atoms with van der Waals surface area (Å²) in [7, 11) is 0. The van der Waals surface area contributed by atoms with Crippen LogP contribution in [0, 0.1) is 0 Å². The molecule has 1 aromatic carbocycles. The molecule has 0 fully saturated rings. The highest BCUT2D eigenvalue weighted by atomic mass is 32.2. The lowest BCUT2D eigenvalue weighted by atomic mass is 10.2. The normalized spacial score (nSPS) is 15.1. The molecule has 0 saturated heterocycles. The van der Waals surface area contributed by atoms with E-state index in [1.54, 1.807) is 6.26 Å². The van der Waals surface area contributed by atoms with Crippen molar-refractivity contribution in [1.29, 1.82) is 0 Å². The molecule has 0 radical (unpaired) electrons. The van der Waals surface area contributed by atoms with Crippen LogP contribution in [-0.2, 0) is 4.84 Å². The Bertz CT molecular complexity index is 539. The van der Waals surface area contributed by atoms with Gasteiger partial charge in [-0.15, -0.1) is 0 Å². The van der Waals surface area contributed by atoms with Crippen molar-refractivity contribution in [3.8, 4) is 0 Å². The Morgan fingerprint density at radius 1 is 1.13 bits per heavy atom. The SMILES string of the molecule is C1=C(c2ccc3ccccc3n2)SNO1. The van der Waals surface area contributed by atoms with E-state index in [-0.39, 0.29) is 0 Å². The van der Waals surface area contributed by atoms with Gasteiger partial charge in [0.05, 0.1) is 16.1 Å². The molecule has 1 aliphatic heterocycles. The van der Waals surface area contributed by atoms with Crippen molar-refractivity contribution in [3.63, 3.8) is 0 Å². The fourth-order valence-electron chi connectivity index (χ4n) is 1.49. The molecule has 3 nitrogen and oxygen atoms in total. The lowest BCUT2D eigenvalue weighted by molar-refractivity contribution is 0.224. The number of hydrogen-bond donors (Lipinski definition) is 1. The molecule has 74 valence electrons. The molecule has 0 saturated carbocycles. The van der Waals surface area contributed by atoms with Crippen LogP contribution in [0.5, 0.6) is 0 Å². The second kappa shape index (κ2) is 3.56. The average Bonchev–Trinajstić information content (AvgIpc) is 2.82. The number of rotatable bonds is 1.